The zero-order valence-corrected chi connectivity index (χ0v) is 19.9. The maximum atomic E-state index is 12.7. The molecule has 164 valence electrons. The third-order valence-corrected chi connectivity index (χ3v) is 6.70. The van der Waals surface area contributed by atoms with E-state index >= 15 is 0 Å². The first-order chi connectivity index (χ1) is 15.4. The van der Waals surface area contributed by atoms with Crippen LogP contribution in [0.4, 0.5) is 5.13 Å². The minimum absolute atomic E-state index is 0.131. The monoisotopic (exact) mass is 486 g/mol. The van der Waals surface area contributed by atoms with E-state index < -0.39 is 0 Å². The van der Waals surface area contributed by atoms with Crippen LogP contribution in [-0.4, -0.2) is 40.3 Å². The van der Waals surface area contributed by atoms with Crippen LogP contribution >= 0.6 is 34.7 Å². The van der Waals surface area contributed by atoms with Gasteiger partial charge in [-0.3, -0.25) is 9.69 Å². The predicted molar refractivity (Wildman–Crippen MR) is 129 cm³/mol. The number of hydrogen-bond donors (Lipinski definition) is 0. The van der Waals surface area contributed by atoms with Crippen molar-refractivity contribution < 1.29 is 14.3 Å². The van der Waals surface area contributed by atoms with Crippen molar-refractivity contribution in [3.05, 3.63) is 68.5 Å². The van der Waals surface area contributed by atoms with Crippen molar-refractivity contribution in [3.63, 3.8) is 0 Å². The maximum absolute atomic E-state index is 12.7. The number of aliphatic imine (C=N–C) groups is 1. The lowest BCUT2D eigenvalue weighted by Gasteiger charge is -2.12. The van der Waals surface area contributed by atoms with E-state index in [-0.39, 0.29) is 5.91 Å². The van der Waals surface area contributed by atoms with Crippen molar-refractivity contribution in [2.75, 3.05) is 14.2 Å². The number of amidine groups is 1. The number of carbonyl (C=O) groups is 1. The average molecular weight is 487 g/mol. The molecule has 3 aromatic rings. The van der Waals surface area contributed by atoms with Gasteiger partial charge >= 0.3 is 0 Å². The van der Waals surface area contributed by atoms with Gasteiger partial charge in [0.15, 0.2) is 16.7 Å². The van der Waals surface area contributed by atoms with Crippen LogP contribution in [0.2, 0.25) is 5.02 Å². The molecule has 0 N–H and O–H groups in total. The van der Waals surface area contributed by atoms with E-state index in [1.165, 1.54) is 28.0 Å². The van der Waals surface area contributed by atoms with Crippen molar-refractivity contribution in [1.29, 1.82) is 0 Å². The number of carbonyl (C=O) groups excluding carboxylic acids is 1. The summed E-state index contributed by atoms with van der Waals surface area (Å²) in [5, 5.41) is 10.5. The third kappa shape index (κ3) is 4.95. The predicted octanol–water partition coefficient (Wildman–Crippen LogP) is 5.32. The van der Waals surface area contributed by atoms with Crippen molar-refractivity contribution in [2.24, 2.45) is 4.99 Å². The molecule has 1 aliphatic heterocycles. The fourth-order valence-corrected chi connectivity index (χ4v) is 4.66. The van der Waals surface area contributed by atoms with Gasteiger partial charge in [-0.25, -0.2) is 0 Å². The lowest BCUT2D eigenvalue weighted by atomic mass is 10.2. The Labute approximate surface area is 198 Å². The Bertz CT molecular complexity index is 1230. The van der Waals surface area contributed by atoms with Gasteiger partial charge in [-0.2, -0.15) is 4.99 Å². The van der Waals surface area contributed by atoms with Gasteiger partial charge in [-0.15, -0.1) is 10.2 Å². The molecule has 1 saturated heterocycles. The van der Waals surface area contributed by atoms with E-state index in [0.717, 1.165) is 16.1 Å². The summed E-state index contributed by atoms with van der Waals surface area (Å²) in [5.41, 5.74) is 1.69. The Kier molecular flexibility index (Phi) is 6.78. The number of halogens is 1. The maximum Gasteiger partial charge on any atom is 0.266 e. The standard InChI is InChI=1S/C22H19ClN4O3S2/c1-13-25-26-21(31-13)24-22-27(2)20(28)19(32-22)11-14-8-9-17(18(10-14)29-3)30-12-15-6-4-5-7-16(15)23/h4-11H,12H2,1-3H3/b19-11-,24-22+. The van der Waals surface area contributed by atoms with E-state index in [1.807, 2.05) is 49.4 Å². The largest absolute Gasteiger partial charge is 0.493 e. The molecule has 2 aromatic carbocycles. The van der Waals surface area contributed by atoms with E-state index in [1.54, 1.807) is 20.2 Å². The zero-order valence-electron chi connectivity index (χ0n) is 17.5. The lowest BCUT2D eigenvalue weighted by molar-refractivity contribution is -0.121. The first-order valence-electron chi connectivity index (χ1n) is 9.55. The summed E-state index contributed by atoms with van der Waals surface area (Å²) in [6, 6.07) is 13.0. The number of amides is 1. The van der Waals surface area contributed by atoms with Gasteiger partial charge < -0.3 is 9.47 Å². The van der Waals surface area contributed by atoms with Crippen molar-refractivity contribution in [2.45, 2.75) is 13.5 Å². The van der Waals surface area contributed by atoms with Crippen LogP contribution in [0, 0.1) is 6.92 Å². The topological polar surface area (TPSA) is 76.9 Å². The summed E-state index contributed by atoms with van der Waals surface area (Å²) in [7, 11) is 3.27. The molecular weight excluding hydrogens is 468 g/mol. The molecule has 0 bridgehead atoms. The number of ether oxygens (including phenoxy) is 2. The van der Waals surface area contributed by atoms with Crippen LogP contribution in [0.3, 0.4) is 0 Å². The molecule has 1 aromatic heterocycles. The molecule has 10 heteroatoms. The highest BCUT2D eigenvalue weighted by Crippen LogP contribution is 2.35. The van der Waals surface area contributed by atoms with Crippen LogP contribution in [0.5, 0.6) is 11.5 Å². The van der Waals surface area contributed by atoms with Gasteiger partial charge in [0.2, 0.25) is 5.13 Å². The number of aromatic nitrogens is 2. The number of hydrogen-bond acceptors (Lipinski definition) is 8. The normalized spacial score (nSPS) is 16.2. The van der Waals surface area contributed by atoms with E-state index in [4.69, 9.17) is 21.1 Å². The first-order valence-corrected chi connectivity index (χ1v) is 11.6. The van der Waals surface area contributed by atoms with E-state index in [0.29, 0.717) is 38.3 Å². The molecule has 0 saturated carbocycles. The van der Waals surface area contributed by atoms with Gasteiger partial charge in [-0.1, -0.05) is 47.2 Å². The van der Waals surface area contributed by atoms with Gasteiger partial charge in [0.25, 0.3) is 5.91 Å². The van der Waals surface area contributed by atoms with Crippen molar-refractivity contribution in [1.82, 2.24) is 15.1 Å². The molecule has 0 aliphatic carbocycles. The second-order valence-corrected chi connectivity index (χ2v) is 9.34. The van der Waals surface area contributed by atoms with Gasteiger partial charge in [0.1, 0.15) is 11.6 Å². The first kappa shape index (κ1) is 22.3. The third-order valence-electron chi connectivity index (χ3n) is 4.54. The lowest BCUT2D eigenvalue weighted by Crippen LogP contribution is -2.23. The highest BCUT2D eigenvalue weighted by molar-refractivity contribution is 8.18. The number of aryl methyl sites for hydroxylation is 1. The number of thioether (sulfide) groups is 1. The summed E-state index contributed by atoms with van der Waals surface area (Å²) in [5.74, 6) is 1.02. The quantitative estimate of drug-likeness (QED) is 0.439. The fourth-order valence-electron chi connectivity index (χ4n) is 2.88. The van der Waals surface area contributed by atoms with E-state index in [9.17, 15) is 4.79 Å². The number of likely N-dealkylation sites (N-methyl/N-ethyl adjacent to an activating group) is 1. The minimum Gasteiger partial charge on any atom is -0.493 e. The molecule has 1 fully saturated rings. The Morgan fingerprint density at radius 2 is 2.00 bits per heavy atom. The SMILES string of the molecule is COc1cc(/C=C2\S/C(=N/c3nnc(C)s3)N(C)C2=O)ccc1OCc1ccccc1Cl. The van der Waals surface area contributed by atoms with Crippen LogP contribution in [-0.2, 0) is 11.4 Å². The molecule has 1 amide bonds. The average Bonchev–Trinajstić information content (AvgIpc) is 3.31. The number of rotatable bonds is 6. The summed E-state index contributed by atoms with van der Waals surface area (Å²) in [6.45, 7) is 2.18. The second kappa shape index (κ2) is 9.72. The molecule has 4 rings (SSSR count). The van der Waals surface area contributed by atoms with Crippen LogP contribution < -0.4 is 9.47 Å². The second-order valence-electron chi connectivity index (χ2n) is 6.76. The summed E-state index contributed by atoms with van der Waals surface area (Å²) >= 11 is 8.87. The molecule has 0 atom stereocenters. The number of nitrogens with zero attached hydrogens (tertiary/aromatic N) is 4. The molecule has 0 unspecified atom stereocenters. The van der Waals surface area contributed by atoms with Gasteiger partial charge in [-0.05, 0) is 48.5 Å². The van der Waals surface area contributed by atoms with E-state index in [2.05, 4.69) is 15.2 Å². The Morgan fingerprint density at radius 1 is 1.19 bits per heavy atom. The molecule has 1 aliphatic rings. The molecule has 32 heavy (non-hydrogen) atoms. The van der Waals surface area contributed by atoms with Crippen LogP contribution in [0.15, 0.2) is 52.4 Å². The summed E-state index contributed by atoms with van der Waals surface area (Å²) < 4.78 is 11.4. The van der Waals surface area contributed by atoms with Crippen molar-refractivity contribution in [3.8, 4) is 11.5 Å². The zero-order chi connectivity index (χ0) is 22.7. The van der Waals surface area contributed by atoms with Crippen molar-refractivity contribution >= 4 is 57.0 Å². The van der Waals surface area contributed by atoms with Crippen LogP contribution in [0.1, 0.15) is 16.1 Å². The molecule has 0 spiro atoms. The molecular formula is C22H19ClN4O3S2. The van der Waals surface area contributed by atoms with Gasteiger partial charge in [0.05, 0.1) is 12.0 Å². The molecule has 0 radical (unpaired) electrons. The highest BCUT2D eigenvalue weighted by Gasteiger charge is 2.30. The smallest absolute Gasteiger partial charge is 0.266 e. The summed E-state index contributed by atoms with van der Waals surface area (Å²) in [4.78, 5) is 19.2. The molecule has 7 nitrogen and oxygen atoms in total. The van der Waals surface area contributed by atoms with Crippen LogP contribution in [0.25, 0.3) is 6.08 Å². The Hall–Kier alpha value is -2.88. The Balaban J connectivity index is 1.53. The fraction of sp³-hybridized carbons (Fsp3) is 0.182. The number of benzene rings is 2. The Morgan fingerprint density at radius 3 is 2.72 bits per heavy atom. The minimum atomic E-state index is -0.131. The van der Waals surface area contributed by atoms with Gasteiger partial charge in [0, 0.05) is 17.6 Å². The number of methoxy groups -OCH3 is 1. The summed E-state index contributed by atoms with van der Waals surface area (Å²) in [6.07, 6.45) is 1.80. The highest BCUT2D eigenvalue weighted by atomic mass is 35.5. The molecule has 2 heterocycles.